The molecule has 7 nitrogen and oxygen atoms in total. The van der Waals surface area contributed by atoms with Crippen molar-refractivity contribution in [2.24, 2.45) is 0 Å². The van der Waals surface area contributed by atoms with Gasteiger partial charge in [-0.2, -0.15) is 18.2 Å². The van der Waals surface area contributed by atoms with Crippen LogP contribution in [-0.2, 0) is 6.18 Å². The number of hydrogen-bond donors (Lipinski definition) is 1. The molecule has 170 valence electrons. The van der Waals surface area contributed by atoms with E-state index in [4.69, 9.17) is 10.7 Å². The standard InChI is InChI=1S/C23H22F3N7/c1-31-11-13-32(14-12-31)22-28-19(15-5-3-2-4-6-15)18-20(27)33(30-21(18)29-22)17-9-7-16(8-10-17)23(24,25)26/h2-10H,11-14,27H2,1H3. The van der Waals surface area contributed by atoms with Crippen molar-refractivity contribution in [3.8, 4) is 16.9 Å². The van der Waals surface area contributed by atoms with Gasteiger partial charge in [-0.3, -0.25) is 0 Å². The summed E-state index contributed by atoms with van der Waals surface area (Å²) in [7, 11) is 2.07. The molecule has 0 saturated carbocycles. The molecule has 1 saturated heterocycles. The van der Waals surface area contributed by atoms with E-state index in [1.807, 2.05) is 30.3 Å². The molecule has 10 heteroatoms. The molecule has 2 aromatic carbocycles. The van der Waals surface area contributed by atoms with Gasteiger partial charge in [-0.25, -0.2) is 9.67 Å². The van der Waals surface area contributed by atoms with Crippen LogP contribution in [0.15, 0.2) is 54.6 Å². The molecule has 0 spiro atoms. The summed E-state index contributed by atoms with van der Waals surface area (Å²) in [6.45, 7) is 3.35. The van der Waals surface area contributed by atoms with Gasteiger partial charge >= 0.3 is 6.18 Å². The summed E-state index contributed by atoms with van der Waals surface area (Å²) in [5, 5.41) is 5.12. The van der Waals surface area contributed by atoms with Crippen molar-refractivity contribution in [2.45, 2.75) is 6.18 Å². The Morgan fingerprint density at radius 3 is 2.18 bits per heavy atom. The van der Waals surface area contributed by atoms with Crippen LogP contribution in [0.1, 0.15) is 5.56 Å². The molecule has 3 heterocycles. The average Bonchev–Trinajstić information content (AvgIpc) is 3.15. The third-order valence-electron chi connectivity index (χ3n) is 5.83. The summed E-state index contributed by atoms with van der Waals surface area (Å²) in [6, 6.07) is 14.3. The topological polar surface area (TPSA) is 76.1 Å². The smallest absolute Gasteiger partial charge is 0.383 e. The second-order valence-electron chi connectivity index (χ2n) is 8.07. The number of fused-ring (bicyclic) bond motifs is 1. The molecule has 0 radical (unpaired) electrons. The van der Waals surface area contributed by atoms with E-state index in [0.717, 1.165) is 43.9 Å². The number of nitrogens with two attached hydrogens (primary N) is 1. The summed E-state index contributed by atoms with van der Waals surface area (Å²) in [5.74, 6) is 0.833. The number of likely N-dealkylation sites (N-methyl/N-ethyl adjacent to an activating group) is 1. The van der Waals surface area contributed by atoms with Crippen molar-refractivity contribution in [1.29, 1.82) is 0 Å². The van der Waals surface area contributed by atoms with Crippen LogP contribution in [0, 0.1) is 0 Å². The van der Waals surface area contributed by atoms with Crippen LogP contribution in [0.25, 0.3) is 28.0 Å². The highest BCUT2D eigenvalue weighted by molar-refractivity contribution is 5.99. The Balaban J connectivity index is 1.65. The number of anilines is 2. The molecule has 0 unspecified atom stereocenters. The van der Waals surface area contributed by atoms with Gasteiger partial charge in [0.15, 0.2) is 5.65 Å². The molecule has 2 aromatic heterocycles. The van der Waals surface area contributed by atoms with Crippen LogP contribution in [0.3, 0.4) is 0 Å². The second kappa shape index (κ2) is 8.04. The minimum atomic E-state index is -4.41. The van der Waals surface area contributed by atoms with Gasteiger partial charge in [0.2, 0.25) is 5.95 Å². The lowest BCUT2D eigenvalue weighted by atomic mass is 10.1. The number of alkyl halides is 3. The Kier molecular flexibility index (Phi) is 5.16. The first-order valence-electron chi connectivity index (χ1n) is 10.5. The van der Waals surface area contributed by atoms with Crippen LogP contribution in [0.2, 0.25) is 0 Å². The van der Waals surface area contributed by atoms with Gasteiger partial charge < -0.3 is 15.5 Å². The van der Waals surface area contributed by atoms with Crippen LogP contribution >= 0.6 is 0 Å². The number of hydrogen-bond acceptors (Lipinski definition) is 6. The monoisotopic (exact) mass is 453 g/mol. The first-order chi connectivity index (χ1) is 15.8. The van der Waals surface area contributed by atoms with E-state index in [-0.39, 0.29) is 5.82 Å². The van der Waals surface area contributed by atoms with Crippen LogP contribution in [0.5, 0.6) is 0 Å². The summed E-state index contributed by atoms with van der Waals surface area (Å²) < 4.78 is 40.4. The molecule has 1 aliphatic rings. The zero-order valence-corrected chi connectivity index (χ0v) is 17.9. The number of rotatable bonds is 3. The van der Waals surface area contributed by atoms with E-state index < -0.39 is 11.7 Å². The minimum absolute atomic E-state index is 0.272. The molecular formula is C23H22F3N7. The summed E-state index contributed by atoms with van der Waals surface area (Å²) in [4.78, 5) is 13.9. The highest BCUT2D eigenvalue weighted by Crippen LogP contribution is 2.34. The van der Waals surface area contributed by atoms with E-state index in [1.54, 1.807) is 0 Å². The number of benzene rings is 2. The molecule has 0 bridgehead atoms. The van der Waals surface area contributed by atoms with Crippen LogP contribution in [-0.4, -0.2) is 57.9 Å². The zero-order chi connectivity index (χ0) is 23.2. The quantitative estimate of drug-likeness (QED) is 0.508. The van der Waals surface area contributed by atoms with E-state index >= 15 is 0 Å². The van der Waals surface area contributed by atoms with Crippen molar-refractivity contribution in [2.75, 3.05) is 43.9 Å². The van der Waals surface area contributed by atoms with E-state index in [0.29, 0.717) is 28.4 Å². The number of piperazine rings is 1. The number of nitrogen functional groups attached to an aromatic ring is 1. The molecule has 33 heavy (non-hydrogen) atoms. The molecule has 4 aromatic rings. The minimum Gasteiger partial charge on any atom is -0.383 e. The average molecular weight is 453 g/mol. The third kappa shape index (κ3) is 3.97. The number of nitrogens with zero attached hydrogens (tertiary/aromatic N) is 6. The summed E-state index contributed by atoms with van der Waals surface area (Å²) in [5.41, 5.74) is 8.04. The van der Waals surface area contributed by atoms with Crippen molar-refractivity contribution in [1.82, 2.24) is 24.6 Å². The Morgan fingerprint density at radius 2 is 1.55 bits per heavy atom. The highest BCUT2D eigenvalue weighted by atomic mass is 19.4. The van der Waals surface area contributed by atoms with Gasteiger partial charge in [0.25, 0.3) is 0 Å². The van der Waals surface area contributed by atoms with Crippen molar-refractivity contribution in [3.63, 3.8) is 0 Å². The van der Waals surface area contributed by atoms with Gasteiger partial charge in [0.05, 0.1) is 22.3 Å². The molecule has 1 fully saturated rings. The molecule has 2 N–H and O–H groups in total. The Bertz CT molecular complexity index is 1280. The first kappa shape index (κ1) is 21.2. The molecule has 5 rings (SSSR count). The molecule has 0 atom stereocenters. The van der Waals surface area contributed by atoms with Crippen LogP contribution < -0.4 is 10.6 Å². The summed E-state index contributed by atoms with van der Waals surface area (Å²) in [6.07, 6.45) is -4.41. The van der Waals surface area contributed by atoms with Gasteiger partial charge in [0.1, 0.15) is 5.82 Å². The van der Waals surface area contributed by atoms with E-state index in [9.17, 15) is 13.2 Å². The van der Waals surface area contributed by atoms with Crippen LogP contribution in [0.4, 0.5) is 24.9 Å². The van der Waals surface area contributed by atoms with Gasteiger partial charge in [-0.15, -0.1) is 5.10 Å². The molecular weight excluding hydrogens is 431 g/mol. The molecule has 0 aliphatic carbocycles. The Morgan fingerprint density at radius 1 is 0.879 bits per heavy atom. The number of aromatic nitrogens is 4. The van der Waals surface area contributed by atoms with Crippen molar-refractivity contribution < 1.29 is 13.2 Å². The third-order valence-corrected chi connectivity index (χ3v) is 5.83. The largest absolute Gasteiger partial charge is 0.416 e. The number of halogens is 3. The van der Waals surface area contributed by atoms with E-state index in [2.05, 4.69) is 26.9 Å². The maximum atomic E-state index is 13.0. The lowest BCUT2D eigenvalue weighted by molar-refractivity contribution is -0.137. The highest BCUT2D eigenvalue weighted by Gasteiger charge is 2.30. The zero-order valence-electron chi connectivity index (χ0n) is 17.9. The second-order valence-corrected chi connectivity index (χ2v) is 8.07. The molecule has 1 aliphatic heterocycles. The lowest BCUT2D eigenvalue weighted by Crippen LogP contribution is -2.45. The van der Waals surface area contributed by atoms with Crippen molar-refractivity contribution in [3.05, 3.63) is 60.2 Å². The van der Waals surface area contributed by atoms with Gasteiger partial charge in [-0.1, -0.05) is 30.3 Å². The Hall–Kier alpha value is -3.66. The first-order valence-corrected chi connectivity index (χ1v) is 10.5. The normalized spacial score (nSPS) is 15.3. The predicted octanol–water partition coefficient (Wildman–Crippen LogP) is 3.84. The fourth-order valence-electron chi connectivity index (χ4n) is 3.94. The maximum absolute atomic E-state index is 13.0. The molecule has 0 amide bonds. The SMILES string of the molecule is CN1CCN(c2nc(-c3ccccc3)c3c(N)n(-c4ccc(C(F)(F)F)cc4)nc3n2)CC1. The van der Waals surface area contributed by atoms with Gasteiger partial charge in [-0.05, 0) is 31.3 Å². The fourth-order valence-corrected chi connectivity index (χ4v) is 3.94. The van der Waals surface area contributed by atoms with E-state index in [1.165, 1.54) is 16.8 Å². The summed E-state index contributed by atoms with van der Waals surface area (Å²) >= 11 is 0. The predicted molar refractivity (Wildman–Crippen MR) is 121 cm³/mol. The maximum Gasteiger partial charge on any atom is 0.416 e. The Labute approximate surface area is 188 Å². The lowest BCUT2D eigenvalue weighted by Gasteiger charge is -2.32. The van der Waals surface area contributed by atoms with Crippen molar-refractivity contribution >= 4 is 22.8 Å². The fraction of sp³-hybridized carbons (Fsp3) is 0.261. The van der Waals surface area contributed by atoms with Gasteiger partial charge in [0, 0.05) is 31.7 Å².